The maximum atomic E-state index is 12.4. The minimum Gasteiger partial charge on any atom is -0.497 e. The monoisotopic (exact) mass is 361 g/mol. The number of ether oxygens (including phenoxy) is 1. The van der Waals surface area contributed by atoms with Crippen LogP contribution in [0, 0.1) is 0 Å². The summed E-state index contributed by atoms with van der Waals surface area (Å²) in [5.74, 6) is 1.03. The first-order chi connectivity index (χ1) is 13.0. The van der Waals surface area contributed by atoms with Gasteiger partial charge in [-0.3, -0.25) is 4.79 Å². The van der Waals surface area contributed by atoms with E-state index in [4.69, 9.17) is 4.74 Å². The van der Waals surface area contributed by atoms with Gasteiger partial charge in [0.2, 0.25) is 0 Å². The molecule has 0 aliphatic carbocycles. The third-order valence-corrected chi connectivity index (χ3v) is 4.21. The second kappa shape index (κ2) is 8.36. The molecule has 3 rings (SSSR count). The van der Waals surface area contributed by atoms with E-state index in [0.29, 0.717) is 11.6 Å². The van der Waals surface area contributed by atoms with Crippen LogP contribution in [0.2, 0.25) is 0 Å². The fourth-order valence-electron chi connectivity index (χ4n) is 2.59. The van der Waals surface area contributed by atoms with E-state index in [2.05, 4.69) is 29.5 Å². The molecule has 0 fully saturated rings. The molecule has 0 aliphatic rings. The second-order valence-corrected chi connectivity index (χ2v) is 6.52. The van der Waals surface area contributed by atoms with Gasteiger partial charge in [0.15, 0.2) is 0 Å². The Kier molecular flexibility index (Phi) is 5.71. The lowest BCUT2D eigenvalue weighted by Gasteiger charge is -2.09. The highest BCUT2D eigenvalue weighted by molar-refractivity contribution is 6.02. The predicted octanol–water partition coefficient (Wildman–Crippen LogP) is 5.21. The number of nitrogens with zero attached hydrogens (tertiary/aromatic N) is 1. The maximum absolute atomic E-state index is 12.4. The van der Waals surface area contributed by atoms with E-state index in [1.165, 1.54) is 5.56 Å². The third kappa shape index (κ3) is 4.85. The number of amides is 1. The van der Waals surface area contributed by atoms with Gasteiger partial charge in [-0.05, 0) is 60.0 Å². The number of hydrogen-bond donors (Lipinski definition) is 2. The van der Waals surface area contributed by atoms with Crippen LogP contribution in [0.15, 0.2) is 66.9 Å². The van der Waals surface area contributed by atoms with Crippen LogP contribution in [-0.4, -0.2) is 18.0 Å². The van der Waals surface area contributed by atoms with E-state index in [0.717, 1.165) is 22.8 Å². The number of carbonyl (C=O) groups is 1. The summed E-state index contributed by atoms with van der Waals surface area (Å²) in [7, 11) is 1.63. The van der Waals surface area contributed by atoms with Crippen molar-refractivity contribution in [2.75, 3.05) is 17.7 Å². The van der Waals surface area contributed by atoms with Crippen LogP contribution >= 0.6 is 0 Å². The van der Waals surface area contributed by atoms with Gasteiger partial charge in [-0.1, -0.05) is 26.0 Å². The quantitative estimate of drug-likeness (QED) is 0.633. The van der Waals surface area contributed by atoms with Crippen LogP contribution in [0.4, 0.5) is 17.1 Å². The standard InChI is InChI=1S/C22H23N3O2/c1-15(2)16-4-6-18(7-5-16)25-22(26)21-13-10-19(14-23-21)24-17-8-11-20(27-3)12-9-17/h4-15,24H,1-3H3,(H,25,26). The van der Waals surface area contributed by atoms with Gasteiger partial charge in [0.1, 0.15) is 11.4 Å². The average Bonchev–Trinajstić information content (AvgIpc) is 2.69. The lowest BCUT2D eigenvalue weighted by Crippen LogP contribution is -2.13. The number of anilines is 3. The largest absolute Gasteiger partial charge is 0.497 e. The molecule has 1 aromatic heterocycles. The van der Waals surface area contributed by atoms with Crippen molar-refractivity contribution in [3.8, 4) is 5.75 Å². The number of rotatable bonds is 6. The Balaban J connectivity index is 1.62. The summed E-state index contributed by atoms with van der Waals surface area (Å²) in [5.41, 5.74) is 4.08. The summed E-state index contributed by atoms with van der Waals surface area (Å²) < 4.78 is 5.14. The SMILES string of the molecule is COc1ccc(Nc2ccc(C(=O)Nc3ccc(C(C)C)cc3)nc2)cc1. The third-order valence-electron chi connectivity index (χ3n) is 4.21. The molecule has 2 N–H and O–H groups in total. The molecule has 0 radical (unpaired) electrons. The Bertz CT molecular complexity index is 886. The molecule has 5 heteroatoms. The molecule has 138 valence electrons. The van der Waals surface area contributed by atoms with E-state index in [1.807, 2.05) is 54.6 Å². The number of methoxy groups -OCH3 is 1. The van der Waals surface area contributed by atoms with E-state index in [9.17, 15) is 4.79 Å². The first-order valence-electron chi connectivity index (χ1n) is 8.83. The molecule has 0 saturated heterocycles. The summed E-state index contributed by atoms with van der Waals surface area (Å²) in [5, 5.41) is 6.11. The first kappa shape index (κ1) is 18.5. The van der Waals surface area contributed by atoms with Crippen molar-refractivity contribution in [3.63, 3.8) is 0 Å². The molecule has 2 aromatic carbocycles. The molecule has 27 heavy (non-hydrogen) atoms. The molecule has 0 aliphatic heterocycles. The van der Waals surface area contributed by atoms with Crippen molar-refractivity contribution in [2.45, 2.75) is 19.8 Å². The van der Waals surface area contributed by atoms with E-state index in [1.54, 1.807) is 19.4 Å². The van der Waals surface area contributed by atoms with Crippen molar-refractivity contribution in [1.29, 1.82) is 0 Å². The molecular formula is C22H23N3O2. The Labute approximate surface area is 159 Å². The number of nitrogens with one attached hydrogen (secondary N) is 2. The van der Waals surface area contributed by atoms with Gasteiger partial charge in [-0.25, -0.2) is 4.98 Å². The lowest BCUT2D eigenvalue weighted by atomic mass is 10.0. The number of carbonyl (C=O) groups excluding carboxylic acids is 1. The lowest BCUT2D eigenvalue weighted by molar-refractivity contribution is 0.102. The van der Waals surface area contributed by atoms with Crippen LogP contribution in [0.5, 0.6) is 5.75 Å². The Hall–Kier alpha value is -3.34. The van der Waals surface area contributed by atoms with Crippen LogP contribution in [0.1, 0.15) is 35.8 Å². The predicted molar refractivity (Wildman–Crippen MR) is 109 cm³/mol. The Morgan fingerprint density at radius 3 is 2.07 bits per heavy atom. The number of hydrogen-bond acceptors (Lipinski definition) is 4. The molecule has 0 saturated carbocycles. The van der Waals surface area contributed by atoms with Crippen molar-refractivity contribution in [2.24, 2.45) is 0 Å². The Morgan fingerprint density at radius 1 is 0.889 bits per heavy atom. The topological polar surface area (TPSA) is 63.2 Å². The highest BCUT2D eigenvalue weighted by Crippen LogP contribution is 2.20. The summed E-state index contributed by atoms with van der Waals surface area (Å²) in [6.45, 7) is 4.28. The maximum Gasteiger partial charge on any atom is 0.274 e. The molecule has 1 heterocycles. The summed E-state index contributed by atoms with van der Waals surface area (Å²) >= 11 is 0. The van der Waals surface area contributed by atoms with Crippen molar-refractivity contribution in [3.05, 3.63) is 78.1 Å². The minimum absolute atomic E-state index is 0.233. The van der Waals surface area contributed by atoms with Crippen LogP contribution in [0.25, 0.3) is 0 Å². The zero-order valence-electron chi connectivity index (χ0n) is 15.7. The number of aromatic nitrogens is 1. The smallest absolute Gasteiger partial charge is 0.274 e. The van der Waals surface area contributed by atoms with Gasteiger partial charge in [0.05, 0.1) is 19.0 Å². The van der Waals surface area contributed by atoms with Gasteiger partial charge < -0.3 is 15.4 Å². The van der Waals surface area contributed by atoms with Crippen molar-refractivity contribution >= 4 is 23.0 Å². The summed E-state index contributed by atoms with van der Waals surface area (Å²) in [6.07, 6.45) is 1.64. The van der Waals surface area contributed by atoms with E-state index < -0.39 is 0 Å². The molecule has 3 aromatic rings. The van der Waals surface area contributed by atoms with Gasteiger partial charge in [-0.15, -0.1) is 0 Å². The van der Waals surface area contributed by atoms with Gasteiger partial charge in [0, 0.05) is 11.4 Å². The van der Waals surface area contributed by atoms with E-state index in [-0.39, 0.29) is 5.91 Å². The van der Waals surface area contributed by atoms with E-state index >= 15 is 0 Å². The summed E-state index contributed by atoms with van der Waals surface area (Å²) in [6, 6.07) is 19.0. The molecule has 5 nitrogen and oxygen atoms in total. The molecule has 0 atom stereocenters. The number of pyridine rings is 1. The molecule has 1 amide bonds. The van der Waals surface area contributed by atoms with Gasteiger partial charge in [-0.2, -0.15) is 0 Å². The highest BCUT2D eigenvalue weighted by atomic mass is 16.5. The molecule has 0 spiro atoms. The van der Waals surface area contributed by atoms with Gasteiger partial charge >= 0.3 is 0 Å². The minimum atomic E-state index is -0.233. The molecule has 0 bridgehead atoms. The fourth-order valence-corrected chi connectivity index (χ4v) is 2.59. The van der Waals surface area contributed by atoms with Crippen molar-refractivity contribution in [1.82, 2.24) is 4.98 Å². The van der Waals surface area contributed by atoms with Crippen molar-refractivity contribution < 1.29 is 9.53 Å². The van der Waals surface area contributed by atoms with Crippen LogP contribution < -0.4 is 15.4 Å². The summed E-state index contributed by atoms with van der Waals surface area (Å²) in [4.78, 5) is 16.6. The second-order valence-electron chi connectivity index (χ2n) is 6.52. The zero-order valence-corrected chi connectivity index (χ0v) is 15.7. The van der Waals surface area contributed by atoms with Crippen LogP contribution in [0.3, 0.4) is 0 Å². The normalized spacial score (nSPS) is 10.5. The highest BCUT2D eigenvalue weighted by Gasteiger charge is 2.08. The molecule has 0 unspecified atom stereocenters. The van der Waals surface area contributed by atoms with Gasteiger partial charge in [0.25, 0.3) is 5.91 Å². The first-order valence-corrected chi connectivity index (χ1v) is 8.83. The average molecular weight is 361 g/mol. The van der Waals surface area contributed by atoms with Crippen LogP contribution in [-0.2, 0) is 0 Å². The molecular weight excluding hydrogens is 338 g/mol. The zero-order chi connectivity index (χ0) is 19.2. The number of benzene rings is 2. The fraction of sp³-hybridized carbons (Fsp3) is 0.182. The Morgan fingerprint density at radius 2 is 1.52 bits per heavy atom.